The number of benzene rings is 4. The van der Waals surface area contributed by atoms with Crippen LogP contribution in [0.15, 0.2) is 114 Å². The van der Waals surface area contributed by atoms with Gasteiger partial charge in [0.1, 0.15) is 37.5 Å². The second kappa shape index (κ2) is 14.4. The summed E-state index contributed by atoms with van der Waals surface area (Å²) in [5.41, 5.74) is 4.79. The Labute approximate surface area is 229 Å². The summed E-state index contributed by atoms with van der Waals surface area (Å²) >= 11 is 0. The first-order chi connectivity index (χ1) is 19.2. The molecule has 1 unspecified atom stereocenters. The smallest absolute Gasteiger partial charge is 0.306 e. The molecule has 4 rings (SSSR count). The minimum absolute atomic E-state index is 0.0804. The summed E-state index contributed by atoms with van der Waals surface area (Å²) in [4.78, 5) is 17.2. The molecule has 0 heterocycles. The van der Waals surface area contributed by atoms with E-state index in [0.717, 1.165) is 33.8 Å². The van der Waals surface area contributed by atoms with Crippen LogP contribution in [0.25, 0.3) is 0 Å². The molecule has 1 atom stereocenters. The van der Waals surface area contributed by atoms with Crippen LogP contribution in [0.3, 0.4) is 0 Å². The van der Waals surface area contributed by atoms with Crippen molar-refractivity contribution < 1.29 is 23.8 Å². The molecule has 0 bridgehead atoms. The number of hydrogen-bond acceptors (Lipinski definition) is 6. The van der Waals surface area contributed by atoms with Gasteiger partial charge in [0.25, 0.3) is 0 Å². The van der Waals surface area contributed by atoms with Gasteiger partial charge in [0, 0.05) is 11.5 Å². The van der Waals surface area contributed by atoms with E-state index in [1.807, 2.05) is 116 Å². The number of oxime groups is 1. The van der Waals surface area contributed by atoms with Crippen LogP contribution < -0.4 is 9.47 Å². The van der Waals surface area contributed by atoms with Gasteiger partial charge in [0.05, 0.1) is 13.0 Å². The topological polar surface area (TPSA) is 66.4 Å². The van der Waals surface area contributed by atoms with Crippen molar-refractivity contribution in [1.29, 1.82) is 0 Å². The van der Waals surface area contributed by atoms with Crippen LogP contribution >= 0.6 is 0 Å². The molecule has 0 saturated heterocycles. The maximum Gasteiger partial charge on any atom is 0.306 e. The molecular formula is C33H33NO5. The van der Waals surface area contributed by atoms with Gasteiger partial charge in [-0.1, -0.05) is 90.1 Å². The van der Waals surface area contributed by atoms with Crippen molar-refractivity contribution in [2.45, 2.75) is 25.9 Å². The molecule has 0 amide bonds. The Hall–Kier alpha value is -4.58. The van der Waals surface area contributed by atoms with Gasteiger partial charge in [-0.2, -0.15) is 0 Å². The molecule has 0 fully saturated rings. The number of esters is 1. The van der Waals surface area contributed by atoms with Gasteiger partial charge in [-0.3, -0.25) is 4.79 Å². The molecule has 0 radical (unpaired) electrons. The summed E-state index contributed by atoms with van der Waals surface area (Å²) in [6, 6.07) is 35.5. The van der Waals surface area contributed by atoms with Crippen molar-refractivity contribution in [2.75, 3.05) is 20.3 Å². The molecule has 39 heavy (non-hydrogen) atoms. The lowest BCUT2D eigenvalue weighted by atomic mass is 9.88. The number of carbonyl (C=O) groups excluding carboxylic acids is 1. The molecule has 4 aromatic carbocycles. The average Bonchev–Trinajstić information content (AvgIpc) is 2.99. The van der Waals surface area contributed by atoms with Gasteiger partial charge < -0.3 is 19.0 Å². The van der Waals surface area contributed by atoms with E-state index in [1.165, 1.54) is 7.11 Å². The van der Waals surface area contributed by atoms with E-state index in [2.05, 4.69) is 5.16 Å². The average molecular weight is 524 g/mol. The maximum atomic E-state index is 12.3. The zero-order valence-corrected chi connectivity index (χ0v) is 22.3. The van der Waals surface area contributed by atoms with E-state index in [-0.39, 0.29) is 18.3 Å². The first-order valence-electron chi connectivity index (χ1n) is 13.0. The predicted molar refractivity (Wildman–Crippen MR) is 152 cm³/mol. The van der Waals surface area contributed by atoms with Crippen LogP contribution in [-0.2, 0) is 21.0 Å². The monoisotopic (exact) mass is 523 g/mol. The van der Waals surface area contributed by atoms with Crippen LogP contribution in [0.2, 0.25) is 0 Å². The summed E-state index contributed by atoms with van der Waals surface area (Å²) in [6.07, 6.45) is 0.288. The van der Waals surface area contributed by atoms with E-state index in [1.54, 1.807) is 0 Å². The maximum absolute atomic E-state index is 12.3. The third kappa shape index (κ3) is 8.20. The minimum atomic E-state index is -0.207. The molecule has 0 saturated carbocycles. The highest BCUT2D eigenvalue weighted by atomic mass is 16.6. The van der Waals surface area contributed by atoms with Crippen molar-refractivity contribution in [3.8, 4) is 11.5 Å². The SMILES string of the molecule is CCOC(=O)CC(c1ccccc1)c1ccc(OCc2ccc(OC/C(=N/OC)c3ccccc3)cc2)cc1. The van der Waals surface area contributed by atoms with Crippen LogP contribution in [-0.4, -0.2) is 32.0 Å². The van der Waals surface area contributed by atoms with Crippen molar-refractivity contribution in [3.05, 3.63) is 131 Å². The quantitative estimate of drug-likeness (QED) is 0.110. The fourth-order valence-corrected chi connectivity index (χ4v) is 4.20. The van der Waals surface area contributed by atoms with Gasteiger partial charge in [0.15, 0.2) is 0 Å². The molecule has 0 aliphatic rings. The van der Waals surface area contributed by atoms with E-state index in [4.69, 9.17) is 19.0 Å². The van der Waals surface area contributed by atoms with Crippen molar-refractivity contribution in [1.82, 2.24) is 0 Å². The first kappa shape index (κ1) is 27.5. The van der Waals surface area contributed by atoms with Crippen molar-refractivity contribution in [2.24, 2.45) is 5.16 Å². The van der Waals surface area contributed by atoms with E-state index in [9.17, 15) is 4.79 Å². The Morgan fingerprint density at radius 3 is 1.97 bits per heavy atom. The molecule has 6 heteroatoms. The van der Waals surface area contributed by atoms with Crippen molar-refractivity contribution in [3.63, 3.8) is 0 Å². The third-order valence-corrected chi connectivity index (χ3v) is 6.17. The molecular weight excluding hydrogens is 490 g/mol. The summed E-state index contributed by atoms with van der Waals surface area (Å²) in [5, 5.41) is 4.10. The fraction of sp³-hybridized carbons (Fsp3) is 0.212. The first-order valence-corrected chi connectivity index (χ1v) is 13.0. The highest BCUT2D eigenvalue weighted by Crippen LogP contribution is 2.30. The highest BCUT2D eigenvalue weighted by molar-refractivity contribution is 6.01. The van der Waals surface area contributed by atoms with Gasteiger partial charge in [-0.05, 0) is 47.9 Å². The Morgan fingerprint density at radius 2 is 1.33 bits per heavy atom. The number of rotatable bonds is 13. The fourth-order valence-electron chi connectivity index (χ4n) is 4.20. The Morgan fingerprint density at radius 1 is 0.744 bits per heavy atom. The zero-order valence-electron chi connectivity index (χ0n) is 22.3. The zero-order chi connectivity index (χ0) is 27.3. The lowest BCUT2D eigenvalue weighted by Crippen LogP contribution is -2.13. The summed E-state index contributed by atoms with van der Waals surface area (Å²) in [5.74, 6) is 1.20. The van der Waals surface area contributed by atoms with Crippen LogP contribution in [0.1, 0.15) is 41.5 Å². The normalized spacial score (nSPS) is 11.9. The van der Waals surface area contributed by atoms with Crippen LogP contribution in [0, 0.1) is 0 Å². The summed E-state index contributed by atoms with van der Waals surface area (Å²) in [6.45, 7) is 2.91. The molecule has 0 spiro atoms. The summed E-state index contributed by atoms with van der Waals surface area (Å²) in [7, 11) is 1.52. The van der Waals surface area contributed by atoms with Crippen LogP contribution in [0.5, 0.6) is 11.5 Å². The van der Waals surface area contributed by atoms with Gasteiger partial charge >= 0.3 is 5.97 Å². The highest BCUT2D eigenvalue weighted by Gasteiger charge is 2.19. The third-order valence-electron chi connectivity index (χ3n) is 6.17. The van der Waals surface area contributed by atoms with Crippen LogP contribution in [0.4, 0.5) is 0 Å². The van der Waals surface area contributed by atoms with Gasteiger partial charge in [0.2, 0.25) is 0 Å². The molecule has 0 aromatic heterocycles. The standard InChI is InChI=1S/C33H33NO5/c1-3-37-33(35)22-31(26-10-6-4-7-11-26)27-16-20-30(21-17-27)38-23-25-14-18-29(19-15-25)39-24-32(34-36-2)28-12-8-5-9-13-28/h4-21,31H,3,22-24H2,1-2H3/b34-32-. The van der Waals surface area contributed by atoms with E-state index in [0.29, 0.717) is 25.5 Å². The summed E-state index contributed by atoms with van der Waals surface area (Å²) < 4.78 is 17.1. The van der Waals surface area contributed by atoms with Crippen molar-refractivity contribution >= 4 is 11.7 Å². The molecule has 0 aliphatic heterocycles. The molecule has 4 aromatic rings. The molecule has 200 valence electrons. The van der Waals surface area contributed by atoms with E-state index < -0.39 is 0 Å². The minimum Gasteiger partial charge on any atom is -0.489 e. The lowest BCUT2D eigenvalue weighted by Gasteiger charge is -2.18. The second-order valence-corrected chi connectivity index (χ2v) is 8.85. The van der Waals surface area contributed by atoms with Gasteiger partial charge in [-0.15, -0.1) is 0 Å². The second-order valence-electron chi connectivity index (χ2n) is 8.85. The molecule has 0 N–H and O–H groups in total. The number of hydrogen-bond donors (Lipinski definition) is 0. The Kier molecular flexibility index (Phi) is 10.1. The van der Waals surface area contributed by atoms with Gasteiger partial charge in [-0.25, -0.2) is 0 Å². The lowest BCUT2D eigenvalue weighted by molar-refractivity contribution is -0.143. The number of carbonyl (C=O) groups is 1. The Bertz CT molecular complexity index is 1320. The predicted octanol–water partition coefficient (Wildman–Crippen LogP) is 6.78. The van der Waals surface area contributed by atoms with E-state index >= 15 is 0 Å². The largest absolute Gasteiger partial charge is 0.489 e. The number of nitrogens with zero attached hydrogens (tertiary/aromatic N) is 1. The molecule has 0 aliphatic carbocycles. The molecule has 6 nitrogen and oxygen atoms in total. The Balaban J connectivity index is 1.33. The number of ether oxygens (including phenoxy) is 3.